The number of hydrogen-bond acceptors (Lipinski definition) is 2. The third kappa shape index (κ3) is 6.06. The summed E-state index contributed by atoms with van der Waals surface area (Å²) in [5, 5.41) is 3.58. The molecule has 0 spiro atoms. The summed E-state index contributed by atoms with van der Waals surface area (Å²) >= 11 is 0. The lowest BCUT2D eigenvalue weighted by Gasteiger charge is -2.17. The Morgan fingerprint density at radius 3 is 2.60 bits per heavy atom. The van der Waals surface area contributed by atoms with E-state index in [9.17, 15) is 0 Å². The third-order valence-corrected chi connectivity index (χ3v) is 4.18. The van der Waals surface area contributed by atoms with E-state index in [0.29, 0.717) is 0 Å². The summed E-state index contributed by atoms with van der Waals surface area (Å²) in [7, 11) is 2.24. The molecule has 0 radical (unpaired) electrons. The Morgan fingerprint density at radius 1 is 1.10 bits per heavy atom. The minimum absolute atomic E-state index is 0.871. The van der Waals surface area contributed by atoms with Crippen LogP contribution in [-0.4, -0.2) is 31.1 Å². The molecular formula is C18H30N2. The largest absolute Gasteiger partial charge is 0.314 e. The quantitative estimate of drug-likeness (QED) is 0.654. The van der Waals surface area contributed by atoms with Gasteiger partial charge in [-0.15, -0.1) is 0 Å². The summed E-state index contributed by atoms with van der Waals surface area (Å²) < 4.78 is 0. The van der Waals surface area contributed by atoms with Crippen LogP contribution in [0.3, 0.4) is 0 Å². The lowest BCUT2D eigenvalue weighted by molar-refractivity contribution is 0.316. The highest BCUT2D eigenvalue weighted by Crippen LogP contribution is 2.18. The van der Waals surface area contributed by atoms with Crippen molar-refractivity contribution in [2.24, 2.45) is 0 Å². The molecule has 0 heterocycles. The third-order valence-electron chi connectivity index (χ3n) is 4.18. The molecule has 20 heavy (non-hydrogen) atoms. The van der Waals surface area contributed by atoms with Crippen LogP contribution < -0.4 is 5.32 Å². The van der Waals surface area contributed by atoms with E-state index in [2.05, 4.69) is 48.5 Å². The second-order valence-corrected chi connectivity index (χ2v) is 6.31. The molecule has 112 valence electrons. The summed E-state index contributed by atoms with van der Waals surface area (Å²) in [6.07, 6.45) is 8.22. The molecule has 1 aliphatic carbocycles. The van der Waals surface area contributed by atoms with E-state index in [1.165, 1.54) is 62.7 Å². The number of unbranched alkanes of at least 4 members (excludes halogenated alkanes) is 3. The van der Waals surface area contributed by atoms with Crippen molar-refractivity contribution in [3.63, 3.8) is 0 Å². The minimum Gasteiger partial charge on any atom is -0.314 e. The van der Waals surface area contributed by atoms with Crippen molar-refractivity contribution in [1.82, 2.24) is 10.2 Å². The Bertz CT molecular complexity index is 385. The van der Waals surface area contributed by atoms with E-state index < -0.39 is 0 Å². The van der Waals surface area contributed by atoms with Gasteiger partial charge in [-0.1, -0.05) is 37.1 Å². The van der Waals surface area contributed by atoms with Gasteiger partial charge in [0.05, 0.1) is 0 Å². The molecule has 1 fully saturated rings. The Morgan fingerprint density at radius 2 is 1.85 bits per heavy atom. The van der Waals surface area contributed by atoms with Crippen LogP contribution in [0.4, 0.5) is 0 Å². The zero-order chi connectivity index (χ0) is 14.2. The molecule has 0 aliphatic heterocycles. The van der Waals surface area contributed by atoms with E-state index >= 15 is 0 Å². The SMILES string of the molecule is Cc1ccccc1CN(C)CCCCCCNC1CC1. The normalized spacial score (nSPS) is 14.9. The van der Waals surface area contributed by atoms with E-state index in [-0.39, 0.29) is 0 Å². The Hall–Kier alpha value is -0.860. The van der Waals surface area contributed by atoms with Crippen LogP contribution in [0.1, 0.15) is 49.7 Å². The van der Waals surface area contributed by atoms with Crippen molar-refractivity contribution in [2.75, 3.05) is 20.1 Å². The molecule has 0 saturated heterocycles. The molecule has 0 amide bonds. The summed E-state index contributed by atoms with van der Waals surface area (Å²) in [5.74, 6) is 0. The lowest BCUT2D eigenvalue weighted by Crippen LogP contribution is -2.20. The smallest absolute Gasteiger partial charge is 0.0233 e. The first-order valence-electron chi connectivity index (χ1n) is 8.22. The molecule has 0 unspecified atom stereocenters. The van der Waals surface area contributed by atoms with Crippen molar-refractivity contribution < 1.29 is 0 Å². The molecule has 2 heteroatoms. The van der Waals surface area contributed by atoms with Crippen LogP contribution in [0.2, 0.25) is 0 Å². The molecule has 0 aromatic heterocycles. The van der Waals surface area contributed by atoms with Crippen LogP contribution >= 0.6 is 0 Å². The van der Waals surface area contributed by atoms with Crippen LogP contribution in [-0.2, 0) is 6.54 Å². The number of aryl methyl sites for hydroxylation is 1. The van der Waals surface area contributed by atoms with Gasteiger partial charge in [0.25, 0.3) is 0 Å². The summed E-state index contributed by atoms with van der Waals surface area (Å²) in [6, 6.07) is 9.58. The fourth-order valence-electron chi connectivity index (χ4n) is 2.61. The van der Waals surface area contributed by atoms with Crippen LogP contribution in [0, 0.1) is 6.92 Å². The number of benzene rings is 1. The first kappa shape index (κ1) is 15.5. The van der Waals surface area contributed by atoms with Crippen molar-refractivity contribution in [3.8, 4) is 0 Å². The monoisotopic (exact) mass is 274 g/mol. The van der Waals surface area contributed by atoms with Gasteiger partial charge in [0.15, 0.2) is 0 Å². The number of hydrogen-bond donors (Lipinski definition) is 1. The summed E-state index contributed by atoms with van der Waals surface area (Å²) in [6.45, 7) is 5.72. The molecule has 1 aliphatic rings. The maximum atomic E-state index is 3.58. The Balaban J connectivity index is 1.49. The molecular weight excluding hydrogens is 244 g/mol. The average molecular weight is 274 g/mol. The molecule has 1 saturated carbocycles. The maximum absolute atomic E-state index is 3.58. The summed E-state index contributed by atoms with van der Waals surface area (Å²) in [4.78, 5) is 2.45. The van der Waals surface area contributed by atoms with Gasteiger partial charge in [-0.05, 0) is 63.9 Å². The van der Waals surface area contributed by atoms with E-state index in [1.54, 1.807) is 0 Å². The van der Waals surface area contributed by atoms with Crippen LogP contribution in [0.25, 0.3) is 0 Å². The number of nitrogens with one attached hydrogen (secondary N) is 1. The predicted octanol–water partition coefficient (Wildman–Crippen LogP) is 3.74. The highest BCUT2D eigenvalue weighted by atomic mass is 15.1. The van der Waals surface area contributed by atoms with E-state index in [1.807, 2.05) is 0 Å². The molecule has 0 atom stereocenters. The Kier molecular flexibility index (Phi) is 6.55. The van der Waals surface area contributed by atoms with Crippen LogP contribution in [0.15, 0.2) is 24.3 Å². The van der Waals surface area contributed by atoms with Crippen molar-refractivity contribution >= 4 is 0 Å². The van der Waals surface area contributed by atoms with E-state index in [0.717, 1.165) is 12.6 Å². The van der Waals surface area contributed by atoms with Gasteiger partial charge in [-0.2, -0.15) is 0 Å². The fraction of sp³-hybridized carbons (Fsp3) is 0.667. The molecule has 1 aromatic carbocycles. The molecule has 1 N–H and O–H groups in total. The predicted molar refractivity (Wildman–Crippen MR) is 87.0 cm³/mol. The Labute approximate surface area is 124 Å². The molecule has 1 aromatic rings. The van der Waals surface area contributed by atoms with Gasteiger partial charge >= 0.3 is 0 Å². The van der Waals surface area contributed by atoms with Crippen molar-refractivity contribution in [2.45, 2.75) is 58.0 Å². The average Bonchev–Trinajstić information content (AvgIpc) is 3.24. The van der Waals surface area contributed by atoms with Gasteiger partial charge in [-0.3, -0.25) is 0 Å². The molecule has 2 nitrogen and oxygen atoms in total. The zero-order valence-corrected chi connectivity index (χ0v) is 13.2. The second kappa shape index (κ2) is 8.43. The second-order valence-electron chi connectivity index (χ2n) is 6.31. The van der Waals surface area contributed by atoms with Crippen molar-refractivity contribution in [1.29, 1.82) is 0 Å². The minimum atomic E-state index is 0.871. The van der Waals surface area contributed by atoms with Crippen molar-refractivity contribution in [3.05, 3.63) is 35.4 Å². The highest BCUT2D eigenvalue weighted by molar-refractivity contribution is 5.25. The number of rotatable bonds is 10. The first-order valence-corrected chi connectivity index (χ1v) is 8.22. The highest BCUT2D eigenvalue weighted by Gasteiger charge is 2.19. The standard InChI is InChI=1S/C18H30N2/c1-16-9-5-6-10-17(16)15-20(2)14-8-4-3-7-13-19-18-11-12-18/h5-6,9-10,18-19H,3-4,7-8,11-15H2,1-2H3. The topological polar surface area (TPSA) is 15.3 Å². The van der Waals surface area contributed by atoms with Crippen LogP contribution in [0.5, 0.6) is 0 Å². The molecule has 0 bridgehead atoms. The lowest BCUT2D eigenvalue weighted by atomic mass is 10.1. The van der Waals surface area contributed by atoms with Gasteiger partial charge in [0, 0.05) is 12.6 Å². The molecule has 2 rings (SSSR count). The van der Waals surface area contributed by atoms with Gasteiger partial charge in [0.1, 0.15) is 0 Å². The maximum Gasteiger partial charge on any atom is 0.0233 e. The van der Waals surface area contributed by atoms with E-state index in [4.69, 9.17) is 0 Å². The summed E-state index contributed by atoms with van der Waals surface area (Å²) in [5.41, 5.74) is 2.87. The van der Waals surface area contributed by atoms with Gasteiger partial charge < -0.3 is 10.2 Å². The zero-order valence-electron chi connectivity index (χ0n) is 13.2. The number of nitrogens with zero attached hydrogens (tertiary/aromatic N) is 1. The van der Waals surface area contributed by atoms with Gasteiger partial charge in [-0.25, -0.2) is 0 Å². The first-order chi connectivity index (χ1) is 9.75. The van der Waals surface area contributed by atoms with Gasteiger partial charge in [0.2, 0.25) is 0 Å². The fourth-order valence-corrected chi connectivity index (χ4v) is 2.61.